The van der Waals surface area contributed by atoms with Crippen LogP contribution in [0.4, 0.5) is 0 Å². The van der Waals surface area contributed by atoms with Crippen molar-refractivity contribution in [1.82, 2.24) is 10.2 Å². The first-order chi connectivity index (χ1) is 7.44. The molecule has 0 aromatic rings. The van der Waals surface area contributed by atoms with Gasteiger partial charge in [-0.15, -0.1) is 0 Å². The van der Waals surface area contributed by atoms with E-state index in [1.807, 2.05) is 0 Å². The van der Waals surface area contributed by atoms with Gasteiger partial charge in [0.25, 0.3) is 0 Å². The summed E-state index contributed by atoms with van der Waals surface area (Å²) in [7, 11) is 0. The van der Waals surface area contributed by atoms with E-state index in [4.69, 9.17) is 0 Å². The molecule has 0 aromatic carbocycles. The highest BCUT2D eigenvalue weighted by Gasteiger charge is 2.28. The van der Waals surface area contributed by atoms with Crippen LogP contribution in [0.2, 0.25) is 0 Å². The summed E-state index contributed by atoms with van der Waals surface area (Å²) in [5.74, 6) is 0.466. The molecule has 0 spiro atoms. The van der Waals surface area contributed by atoms with E-state index < -0.39 is 0 Å². The predicted molar refractivity (Wildman–Crippen MR) is 68.6 cm³/mol. The van der Waals surface area contributed by atoms with E-state index in [1.165, 1.54) is 0 Å². The molecular weight excluding hydrogens is 200 g/mol. The van der Waals surface area contributed by atoms with Crippen LogP contribution in [0.3, 0.4) is 0 Å². The second kappa shape index (κ2) is 5.99. The number of piperidine rings is 1. The Bertz CT molecular complexity index is 206. The topological polar surface area (TPSA) is 35.5 Å². The summed E-state index contributed by atoms with van der Waals surface area (Å²) in [5.41, 5.74) is 0.288. The second-order valence-electron chi connectivity index (χ2n) is 6.01. The number of β-amino-alcohol motifs (C(OH)–C–C–N with tert-alkyl or cyclic N) is 1. The van der Waals surface area contributed by atoms with Crippen molar-refractivity contribution in [2.75, 3.05) is 32.7 Å². The van der Waals surface area contributed by atoms with Crippen molar-refractivity contribution in [3.8, 4) is 0 Å². The zero-order chi connectivity index (χ0) is 12.2. The predicted octanol–water partition coefficient (Wildman–Crippen LogP) is 1.32. The maximum absolute atomic E-state index is 9.86. The smallest absolute Gasteiger partial charge is 0.0693 e. The molecule has 0 bridgehead atoms. The van der Waals surface area contributed by atoms with Crippen LogP contribution in [0, 0.1) is 11.3 Å². The van der Waals surface area contributed by atoms with Crippen molar-refractivity contribution in [1.29, 1.82) is 0 Å². The summed E-state index contributed by atoms with van der Waals surface area (Å²) in [6, 6.07) is 0. The van der Waals surface area contributed by atoms with Gasteiger partial charge in [-0.1, -0.05) is 27.7 Å². The van der Waals surface area contributed by atoms with E-state index >= 15 is 0 Å². The molecule has 1 rings (SSSR count). The average Bonchev–Trinajstić information content (AvgIpc) is 2.20. The second-order valence-corrected chi connectivity index (χ2v) is 6.01. The van der Waals surface area contributed by atoms with Gasteiger partial charge >= 0.3 is 0 Å². The van der Waals surface area contributed by atoms with Gasteiger partial charge in [-0.3, -0.25) is 0 Å². The zero-order valence-electron chi connectivity index (χ0n) is 11.3. The highest BCUT2D eigenvalue weighted by atomic mass is 16.3. The summed E-state index contributed by atoms with van der Waals surface area (Å²) in [6.07, 6.45) is 0.988. The molecule has 1 saturated heterocycles. The van der Waals surface area contributed by atoms with Crippen molar-refractivity contribution in [2.24, 2.45) is 11.3 Å². The lowest BCUT2D eigenvalue weighted by molar-refractivity contribution is 0.0146. The lowest BCUT2D eigenvalue weighted by Crippen LogP contribution is -2.48. The molecule has 0 radical (unpaired) electrons. The molecule has 0 saturated carbocycles. The molecule has 3 heteroatoms. The minimum atomic E-state index is -0.135. The molecule has 3 nitrogen and oxygen atoms in total. The highest BCUT2D eigenvalue weighted by molar-refractivity contribution is 4.82. The third-order valence-electron chi connectivity index (χ3n) is 3.51. The van der Waals surface area contributed by atoms with Gasteiger partial charge in [0.2, 0.25) is 0 Å². The van der Waals surface area contributed by atoms with E-state index in [9.17, 15) is 5.11 Å². The Balaban J connectivity index is 2.36. The summed E-state index contributed by atoms with van der Waals surface area (Å²) >= 11 is 0. The Kier molecular flexibility index (Phi) is 5.22. The van der Waals surface area contributed by atoms with E-state index in [-0.39, 0.29) is 11.5 Å². The van der Waals surface area contributed by atoms with Gasteiger partial charge in [0.1, 0.15) is 0 Å². The molecule has 2 atom stereocenters. The molecule has 0 aliphatic carbocycles. The molecule has 0 aromatic heterocycles. The standard InChI is InChI=1S/C13H28N2O/c1-5-14-9-13(3,4)10-15-7-6-11(2)12(16)8-15/h11-12,14,16H,5-10H2,1-4H3. The molecule has 1 fully saturated rings. The zero-order valence-corrected chi connectivity index (χ0v) is 11.3. The lowest BCUT2D eigenvalue weighted by atomic mass is 9.89. The number of rotatable bonds is 5. The van der Waals surface area contributed by atoms with Crippen molar-refractivity contribution >= 4 is 0 Å². The van der Waals surface area contributed by atoms with Crippen LogP contribution >= 0.6 is 0 Å². The minimum Gasteiger partial charge on any atom is -0.392 e. The Labute approximate surface area is 100 Å². The molecule has 1 aliphatic heterocycles. The van der Waals surface area contributed by atoms with Crippen molar-refractivity contribution < 1.29 is 5.11 Å². The Morgan fingerprint density at radius 3 is 2.69 bits per heavy atom. The van der Waals surface area contributed by atoms with Gasteiger partial charge in [0.15, 0.2) is 0 Å². The first kappa shape index (κ1) is 13.9. The van der Waals surface area contributed by atoms with Crippen LogP contribution < -0.4 is 5.32 Å². The normalized spacial score (nSPS) is 28.3. The summed E-state index contributed by atoms with van der Waals surface area (Å²) in [5, 5.41) is 13.3. The highest BCUT2D eigenvalue weighted by Crippen LogP contribution is 2.22. The number of nitrogens with one attached hydrogen (secondary N) is 1. The number of likely N-dealkylation sites (tertiary alicyclic amines) is 1. The summed E-state index contributed by atoms with van der Waals surface area (Å²) < 4.78 is 0. The summed E-state index contributed by atoms with van der Waals surface area (Å²) in [6.45, 7) is 14.0. The van der Waals surface area contributed by atoms with Crippen molar-refractivity contribution in [2.45, 2.75) is 40.2 Å². The third-order valence-corrected chi connectivity index (χ3v) is 3.51. The fraction of sp³-hybridized carbons (Fsp3) is 1.00. The largest absolute Gasteiger partial charge is 0.392 e. The van der Waals surface area contributed by atoms with Crippen LogP contribution in [0.5, 0.6) is 0 Å². The lowest BCUT2D eigenvalue weighted by Gasteiger charge is -2.39. The fourth-order valence-corrected chi connectivity index (χ4v) is 2.38. The molecule has 96 valence electrons. The third kappa shape index (κ3) is 4.40. The van der Waals surface area contributed by atoms with Crippen molar-refractivity contribution in [3.05, 3.63) is 0 Å². The van der Waals surface area contributed by atoms with E-state index in [0.29, 0.717) is 5.92 Å². The number of aliphatic hydroxyl groups excluding tert-OH is 1. The van der Waals surface area contributed by atoms with Gasteiger partial charge in [0.05, 0.1) is 6.10 Å². The van der Waals surface area contributed by atoms with Crippen LogP contribution in [0.25, 0.3) is 0 Å². The number of aliphatic hydroxyl groups is 1. The molecule has 0 amide bonds. The SMILES string of the molecule is CCNCC(C)(C)CN1CCC(C)C(O)C1. The molecular formula is C13H28N2O. The maximum atomic E-state index is 9.86. The Hall–Kier alpha value is -0.120. The maximum Gasteiger partial charge on any atom is 0.0693 e. The van der Waals surface area contributed by atoms with Gasteiger partial charge in [0, 0.05) is 19.6 Å². The molecule has 2 N–H and O–H groups in total. The average molecular weight is 228 g/mol. The van der Waals surface area contributed by atoms with Gasteiger partial charge < -0.3 is 15.3 Å². The first-order valence-electron chi connectivity index (χ1n) is 6.56. The number of hydrogen-bond acceptors (Lipinski definition) is 3. The van der Waals surface area contributed by atoms with Crippen molar-refractivity contribution in [3.63, 3.8) is 0 Å². The Morgan fingerprint density at radius 1 is 1.44 bits per heavy atom. The van der Waals surface area contributed by atoms with Crippen LogP contribution in [-0.4, -0.2) is 48.8 Å². The minimum absolute atomic E-state index is 0.135. The monoisotopic (exact) mass is 228 g/mol. The summed E-state index contributed by atoms with van der Waals surface area (Å²) in [4.78, 5) is 2.40. The van der Waals surface area contributed by atoms with Gasteiger partial charge in [-0.25, -0.2) is 0 Å². The molecule has 1 aliphatic rings. The quantitative estimate of drug-likeness (QED) is 0.745. The Morgan fingerprint density at radius 2 is 2.12 bits per heavy atom. The fourth-order valence-electron chi connectivity index (χ4n) is 2.38. The molecule has 16 heavy (non-hydrogen) atoms. The van der Waals surface area contributed by atoms with E-state index in [2.05, 4.69) is 37.9 Å². The first-order valence-corrected chi connectivity index (χ1v) is 6.56. The number of nitrogens with zero attached hydrogens (tertiary/aromatic N) is 1. The number of hydrogen-bond donors (Lipinski definition) is 2. The van der Waals surface area contributed by atoms with Gasteiger partial charge in [-0.2, -0.15) is 0 Å². The van der Waals surface area contributed by atoms with Crippen LogP contribution in [-0.2, 0) is 0 Å². The van der Waals surface area contributed by atoms with E-state index in [0.717, 1.165) is 39.1 Å². The van der Waals surface area contributed by atoms with Crippen LogP contribution in [0.1, 0.15) is 34.1 Å². The van der Waals surface area contributed by atoms with Crippen LogP contribution in [0.15, 0.2) is 0 Å². The van der Waals surface area contributed by atoms with Gasteiger partial charge in [-0.05, 0) is 30.8 Å². The van der Waals surface area contributed by atoms with E-state index in [1.54, 1.807) is 0 Å². The molecule has 2 unspecified atom stereocenters. The molecule has 1 heterocycles.